The topological polar surface area (TPSA) is 123 Å². The smallest absolute Gasteiger partial charge is 0.319 e. The first-order valence-corrected chi connectivity index (χ1v) is 18.6. The molecule has 0 bridgehead atoms. The van der Waals surface area contributed by atoms with Crippen molar-refractivity contribution < 1.29 is 37.9 Å². The highest BCUT2D eigenvalue weighted by atomic mass is 19.1. The summed E-state index contributed by atoms with van der Waals surface area (Å²) in [6.07, 6.45) is 12.6. The third-order valence-electron chi connectivity index (χ3n) is 12.4. The first kappa shape index (κ1) is 34.4. The summed E-state index contributed by atoms with van der Waals surface area (Å²) in [7, 11) is 1.40. The first-order chi connectivity index (χ1) is 25.7. The van der Waals surface area contributed by atoms with E-state index in [0.717, 1.165) is 51.9 Å². The molecule has 278 valence electrons. The molecule has 13 heteroatoms. The molecule has 4 aromatic rings. The highest BCUT2D eigenvalue weighted by Crippen LogP contribution is 2.55. The molecule has 3 saturated heterocycles. The number of aromatic hydroxyl groups is 1. The van der Waals surface area contributed by atoms with Crippen molar-refractivity contribution in [3.8, 4) is 41.2 Å². The molecule has 0 radical (unpaired) electrons. The van der Waals surface area contributed by atoms with Gasteiger partial charge in [-0.05, 0) is 68.7 Å². The molecule has 2 aromatic heterocycles. The van der Waals surface area contributed by atoms with Gasteiger partial charge in [0.15, 0.2) is 5.82 Å². The summed E-state index contributed by atoms with van der Waals surface area (Å²) in [5.74, 6) is 0.974. The van der Waals surface area contributed by atoms with Gasteiger partial charge in [-0.2, -0.15) is 9.97 Å². The Morgan fingerprint density at radius 3 is 2.66 bits per heavy atom. The SMILES string of the molecule is C#Cc1c(F)ccc2cc(O)cc(-c3nc(OC)c4c(N5CCOCC(O)C5)nc(OCC56CCCC5N(C5CC7(COC7)C5)CCC6)nc4c3F)c12. The summed E-state index contributed by atoms with van der Waals surface area (Å²) in [5.41, 5.74) is -0.0877. The van der Waals surface area contributed by atoms with Crippen LogP contribution in [0.1, 0.15) is 50.5 Å². The number of fused-ring (bicyclic) bond motifs is 3. The summed E-state index contributed by atoms with van der Waals surface area (Å²) in [4.78, 5) is 18.7. The molecule has 5 fully saturated rings. The number of terminal acetylenes is 1. The van der Waals surface area contributed by atoms with Crippen LogP contribution in [0.15, 0.2) is 24.3 Å². The number of anilines is 1. The standard InChI is InChI=1S/C40H43F2N5O6/c1-3-27-29(41)8-7-23-14-25(48)15-28(31(23)27)34-33(42)35-32(37(43-34)50-2)36(46-12-13-51-19-26(49)18-46)45-38(44-35)53-22-40-9-4-6-30(40)47(11-5-10-40)24-16-39(17-24)20-52-21-39/h1,7-8,14-15,24,26,30,48-49H,4-6,9-13,16-22H2,2H3. The minimum Gasteiger partial charge on any atom is -0.508 e. The lowest BCUT2D eigenvalue weighted by Crippen LogP contribution is -2.64. The van der Waals surface area contributed by atoms with Crippen LogP contribution in [-0.4, -0.2) is 108 Å². The van der Waals surface area contributed by atoms with Crippen LogP contribution in [0.5, 0.6) is 17.6 Å². The number of β-amino-alcohol motifs (C(OH)–C–C–N with tert-alkyl or cyclic N) is 1. The van der Waals surface area contributed by atoms with Crippen LogP contribution in [0.3, 0.4) is 0 Å². The number of halogens is 2. The Kier molecular flexibility index (Phi) is 8.57. The highest BCUT2D eigenvalue weighted by molar-refractivity contribution is 6.04. The number of aromatic nitrogens is 3. The minimum absolute atomic E-state index is 0.000245. The summed E-state index contributed by atoms with van der Waals surface area (Å²) in [6.45, 7) is 4.18. The number of rotatable bonds is 7. The van der Waals surface area contributed by atoms with Gasteiger partial charge in [-0.3, -0.25) is 4.90 Å². The van der Waals surface area contributed by atoms with Crippen molar-refractivity contribution in [2.45, 2.75) is 63.1 Å². The maximum Gasteiger partial charge on any atom is 0.319 e. The number of piperidine rings is 1. The number of pyridine rings is 1. The van der Waals surface area contributed by atoms with Gasteiger partial charge in [0, 0.05) is 47.0 Å². The normalized spacial score (nSPS) is 25.8. The molecular formula is C40H43F2N5O6. The number of aliphatic hydroxyl groups is 1. The molecule has 9 rings (SSSR count). The molecule has 5 heterocycles. The predicted octanol–water partition coefficient (Wildman–Crippen LogP) is 5.21. The third kappa shape index (κ3) is 5.73. The molecule has 0 amide bonds. The van der Waals surface area contributed by atoms with E-state index in [0.29, 0.717) is 42.6 Å². The van der Waals surface area contributed by atoms with Crippen molar-refractivity contribution in [2.24, 2.45) is 10.8 Å². The van der Waals surface area contributed by atoms with E-state index in [-0.39, 0.29) is 75.1 Å². The second-order valence-electron chi connectivity index (χ2n) is 15.6. The van der Waals surface area contributed by atoms with Gasteiger partial charge in [-0.1, -0.05) is 18.4 Å². The van der Waals surface area contributed by atoms with Gasteiger partial charge in [0.05, 0.1) is 51.8 Å². The number of nitrogens with zero attached hydrogens (tertiary/aromatic N) is 5. The van der Waals surface area contributed by atoms with Crippen molar-refractivity contribution in [2.75, 3.05) is 64.7 Å². The largest absolute Gasteiger partial charge is 0.508 e. The Bertz CT molecular complexity index is 2130. The quantitative estimate of drug-likeness (QED) is 0.244. The highest BCUT2D eigenvalue weighted by Gasteiger charge is 2.56. The average Bonchev–Trinajstić information content (AvgIpc) is 3.44. The minimum atomic E-state index is -0.848. The average molecular weight is 728 g/mol. The van der Waals surface area contributed by atoms with Crippen LogP contribution in [0.4, 0.5) is 14.6 Å². The van der Waals surface area contributed by atoms with Gasteiger partial charge in [0.1, 0.15) is 34.0 Å². The van der Waals surface area contributed by atoms with E-state index >= 15 is 8.78 Å². The van der Waals surface area contributed by atoms with Gasteiger partial charge < -0.3 is 34.1 Å². The van der Waals surface area contributed by atoms with Gasteiger partial charge in [-0.25, -0.2) is 13.8 Å². The number of hydrogen-bond donors (Lipinski definition) is 2. The maximum atomic E-state index is 17.2. The van der Waals surface area contributed by atoms with Crippen molar-refractivity contribution in [3.05, 3.63) is 41.5 Å². The molecule has 2 N–H and O–H groups in total. The second kappa shape index (κ2) is 13.2. The maximum absolute atomic E-state index is 17.2. The number of methoxy groups -OCH3 is 1. The van der Waals surface area contributed by atoms with Gasteiger partial charge >= 0.3 is 6.01 Å². The van der Waals surface area contributed by atoms with E-state index in [4.69, 9.17) is 35.3 Å². The van der Waals surface area contributed by atoms with E-state index < -0.39 is 17.7 Å². The third-order valence-corrected chi connectivity index (χ3v) is 12.4. The molecule has 2 aliphatic carbocycles. The fourth-order valence-electron chi connectivity index (χ4n) is 9.85. The van der Waals surface area contributed by atoms with Gasteiger partial charge in [0.2, 0.25) is 5.88 Å². The zero-order chi connectivity index (χ0) is 36.5. The monoisotopic (exact) mass is 727 g/mol. The van der Waals surface area contributed by atoms with Crippen molar-refractivity contribution in [1.82, 2.24) is 19.9 Å². The lowest BCUT2D eigenvalue weighted by Gasteiger charge is -2.60. The lowest BCUT2D eigenvalue weighted by molar-refractivity contribution is -0.196. The molecule has 3 atom stereocenters. The van der Waals surface area contributed by atoms with Crippen LogP contribution >= 0.6 is 0 Å². The van der Waals surface area contributed by atoms with E-state index in [1.807, 2.05) is 4.90 Å². The van der Waals surface area contributed by atoms with Crippen molar-refractivity contribution >= 4 is 27.5 Å². The predicted molar refractivity (Wildman–Crippen MR) is 193 cm³/mol. The molecule has 1 spiro atoms. The van der Waals surface area contributed by atoms with Crippen molar-refractivity contribution in [1.29, 1.82) is 0 Å². The summed E-state index contributed by atoms with van der Waals surface area (Å²) >= 11 is 0. The summed E-state index contributed by atoms with van der Waals surface area (Å²) < 4.78 is 55.8. The Labute approximate surface area is 306 Å². The second-order valence-corrected chi connectivity index (χ2v) is 15.6. The van der Waals surface area contributed by atoms with Crippen molar-refractivity contribution in [3.63, 3.8) is 0 Å². The lowest BCUT2D eigenvalue weighted by atomic mass is 9.62. The number of benzene rings is 2. The molecule has 2 saturated carbocycles. The number of hydrogen-bond acceptors (Lipinski definition) is 11. The molecule has 53 heavy (non-hydrogen) atoms. The molecule has 3 unspecified atom stereocenters. The number of phenols is 1. The molecular weight excluding hydrogens is 684 g/mol. The van der Waals surface area contributed by atoms with Crippen LogP contribution in [-0.2, 0) is 9.47 Å². The fraction of sp³-hybridized carbons (Fsp3) is 0.525. The Hall–Kier alpha value is -4.35. The molecule has 2 aromatic carbocycles. The fourth-order valence-corrected chi connectivity index (χ4v) is 9.85. The number of ether oxygens (including phenoxy) is 4. The summed E-state index contributed by atoms with van der Waals surface area (Å²) in [5, 5.41) is 22.2. The number of aliphatic hydroxyl groups excluding tert-OH is 1. The first-order valence-electron chi connectivity index (χ1n) is 18.6. The zero-order valence-corrected chi connectivity index (χ0v) is 29.7. The zero-order valence-electron chi connectivity index (χ0n) is 29.7. The van der Waals surface area contributed by atoms with Gasteiger partial charge in [0.25, 0.3) is 0 Å². The van der Waals surface area contributed by atoms with Crippen LogP contribution < -0.4 is 14.4 Å². The van der Waals surface area contributed by atoms with E-state index in [1.54, 1.807) is 0 Å². The number of likely N-dealkylation sites (tertiary alicyclic amines) is 1. The molecule has 3 aliphatic heterocycles. The van der Waals surface area contributed by atoms with E-state index in [9.17, 15) is 10.2 Å². The van der Waals surface area contributed by atoms with Crippen LogP contribution in [0.2, 0.25) is 0 Å². The Morgan fingerprint density at radius 2 is 1.89 bits per heavy atom. The Morgan fingerprint density at radius 1 is 1.06 bits per heavy atom. The summed E-state index contributed by atoms with van der Waals surface area (Å²) in [6, 6.07) is 6.35. The molecule has 5 aliphatic rings. The van der Waals surface area contributed by atoms with Crippen LogP contribution in [0.25, 0.3) is 32.9 Å². The van der Waals surface area contributed by atoms with E-state index in [1.165, 1.54) is 44.2 Å². The van der Waals surface area contributed by atoms with Gasteiger partial charge in [-0.15, -0.1) is 6.42 Å². The molecule has 11 nitrogen and oxygen atoms in total. The van der Waals surface area contributed by atoms with Crippen LogP contribution in [0, 0.1) is 34.8 Å². The Balaban J connectivity index is 1.15. The van der Waals surface area contributed by atoms with E-state index in [2.05, 4.69) is 15.8 Å². The number of phenolic OH excluding ortho intramolecular Hbond substituents is 1.